The number of nitrogens with zero attached hydrogens (tertiary/aromatic N) is 3. The van der Waals surface area contributed by atoms with Crippen molar-refractivity contribution in [3.8, 4) is 0 Å². The number of rotatable bonds is 5. The van der Waals surface area contributed by atoms with E-state index in [0.29, 0.717) is 5.16 Å². The standard InChI is InChI=1S/C15H11FN4O3S/c16-12-5-4-10(7-13(12)20(22)23)18-14(21)9-24-15-17-8-11-3-1-2-6-19(11)15/h1-8H,9H2,(H,18,21). The lowest BCUT2D eigenvalue weighted by Gasteiger charge is -2.05. The van der Waals surface area contributed by atoms with Gasteiger partial charge in [0.2, 0.25) is 11.7 Å². The monoisotopic (exact) mass is 346 g/mol. The first-order valence-electron chi connectivity index (χ1n) is 6.83. The van der Waals surface area contributed by atoms with E-state index in [4.69, 9.17) is 0 Å². The molecule has 2 aromatic heterocycles. The lowest BCUT2D eigenvalue weighted by molar-refractivity contribution is -0.387. The number of nitro groups is 1. The Morgan fingerprint density at radius 2 is 2.21 bits per heavy atom. The van der Waals surface area contributed by atoms with Crippen LogP contribution in [-0.4, -0.2) is 26.0 Å². The quantitative estimate of drug-likeness (QED) is 0.435. The van der Waals surface area contributed by atoms with E-state index in [0.717, 1.165) is 17.6 Å². The highest BCUT2D eigenvalue weighted by Crippen LogP contribution is 2.22. The SMILES string of the molecule is O=C(CSc1ncc2ccccn12)Nc1ccc(F)c([N+](=O)[O-])c1. The number of fused-ring (bicyclic) bond motifs is 1. The van der Waals surface area contributed by atoms with Crippen LogP contribution in [0.1, 0.15) is 0 Å². The number of aromatic nitrogens is 2. The molecule has 0 aliphatic rings. The van der Waals surface area contributed by atoms with Gasteiger partial charge in [0, 0.05) is 18.0 Å². The van der Waals surface area contributed by atoms with Crippen LogP contribution in [0.2, 0.25) is 0 Å². The maximum Gasteiger partial charge on any atom is 0.306 e. The van der Waals surface area contributed by atoms with E-state index in [1.165, 1.54) is 17.8 Å². The lowest BCUT2D eigenvalue weighted by Crippen LogP contribution is -2.14. The number of amides is 1. The summed E-state index contributed by atoms with van der Waals surface area (Å²) in [5.74, 6) is -1.25. The summed E-state index contributed by atoms with van der Waals surface area (Å²) < 4.78 is 15.1. The van der Waals surface area contributed by atoms with Crippen LogP contribution in [-0.2, 0) is 4.79 Å². The predicted molar refractivity (Wildman–Crippen MR) is 87.6 cm³/mol. The van der Waals surface area contributed by atoms with Crippen molar-refractivity contribution < 1.29 is 14.1 Å². The van der Waals surface area contributed by atoms with Crippen LogP contribution in [0.25, 0.3) is 5.52 Å². The number of imidazole rings is 1. The Bertz CT molecular complexity index is 928. The number of carbonyl (C=O) groups is 1. The summed E-state index contributed by atoms with van der Waals surface area (Å²) in [4.78, 5) is 26.1. The zero-order valence-electron chi connectivity index (χ0n) is 12.2. The average molecular weight is 346 g/mol. The predicted octanol–water partition coefficient (Wildman–Crippen LogP) is 3.11. The minimum atomic E-state index is -0.948. The zero-order valence-corrected chi connectivity index (χ0v) is 13.0. The molecule has 1 N–H and O–H groups in total. The number of nitro benzene ring substituents is 1. The van der Waals surface area contributed by atoms with E-state index in [9.17, 15) is 19.3 Å². The second kappa shape index (κ2) is 6.67. The molecule has 0 spiro atoms. The van der Waals surface area contributed by atoms with Gasteiger partial charge in [-0.2, -0.15) is 4.39 Å². The first-order chi connectivity index (χ1) is 11.5. The van der Waals surface area contributed by atoms with Crippen molar-refractivity contribution >= 4 is 34.6 Å². The van der Waals surface area contributed by atoms with Crippen molar-refractivity contribution in [2.24, 2.45) is 0 Å². The van der Waals surface area contributed by atoms with Gasteiger partial charge >= 0.3 is 5.69 Å². The van der Waals surface area contributed by atoms with Crippen LogP contribution < -0.4 is 5.32 Å². The number of hydrogen-bond donors (Lipinski definition) is 1. The maximum absolute atomic E-state index is 13.3. The molecule has 24 heavy (non-hydrogen) atoms. The molecule has 9 heteroatoms. The van der Waals surface area contributed by atoms with Gasteiger partial charge in [-0.15, -0.1) is 0 Å². The lowest BCUT2D eigenvalue weighted by atomic mass is 10.2. The van der Waals surface area contributed by atoms with Crippen molar-refractivity contribution in [2.45, 2.75) is 5.16 Å². The summed E-state index contributed by atoms with van der Waals surface area (Å²) in [5, 5.41) is 13.9. The largest absolute Gasteiger partial charge is 0.325 e. The number of benzene rings is 1. The molecule has 3 aromatic rings. The molecule has 0 aliphatic carbocycles. The van der Waals surface area contributed by atoms with Crippen LogP contribution in [0.4, 0.5) is 15.8 Å². The Kier molecular flexibility index (Phi) is 4.43. The molecule has 1 amide bonds. The summed E-state index contributed by atoms with van der Waals surface area (Å²) in [5.41, 5.74) is 0.399. The number of carbonyl (C=O) groups excluding carboxylic acids is 1. The number of thioether (sulfide) groups is 1. The van der Waals surface area contributed by atoms with Gasteiger partial charge in [-0.05, 0) is 24.3 Å². The number of hydrogen-bond acceptors (Lipinski definition) is 5. The normalized spacial score (nSPS) is 10.7. The molecule has 0 aliphatic heterocycles. The van der Waals surface area contributed by atoms with Gasteiger partial charge in [0.05, 0.1) is 22.4 Å². The molecule has 0 atom stereocenters. The minimum Gasteiger partial charge on any atom is -0.325 e. The summed E-state index contributed by atoms with van der Waals surface area (Å²) in [6.45, 7) is 0. The Labute approximate surface area is 139 Å². The Morgan fingerprint density at radius 1 is 1.38 bits per heavy atom. The third kappa shape index (κ3) is 3.35. The third-order valence-corrected chi connectivity index (χ3v) is 4.13. The molecule has 1 aromatic carbocycles. The van der Waals surface area contributed by atoms with Gasteiger partial charge in [0.15, 0.2) is 5.16 Å². The van der Waals surface area contributed by atoms with Gasteiger partial charge in [-0.3, -0.25) is 19.3 Å². The highest BCUT2D eigenvalue weighted by Gasteiger charge is 2.15. The van der Waals surface area contributed by atoms with Gasteiger partial charge < -0.3 is 5.32 Å². The Balaban J connectivity index is 1.66. The van der Waals surface area contributed by atoms with E-state index >= 15 is 0 Å². The molecule has 0 bridgehead atoms. The Morgan fingerprint density at radius 3 is 3.00 bits per heavy atom. The van der Waals surface area contributed by atoms with E-state index in [1.54, 1.807) is 6.20 Å². The molecule has 0 unspecified atom stereocenters. The van der Waals surface area contributed by atoms with Crippen LogP contribution in [0.15, 0.2) is 53.9 Å². The van der Waals surface area contributed by atoms with Crippen molar-refractivity contribution in [1.82, 2.24) is 9.38 Å². The number of pyridine rings is 1. The number of anilines is 1. The first-order valence-corrected chi connectivity index (χ1v) is 7.82. The summed E-state index contributed by atoms with van der Waals surface area (Å²) in [6.07, 6.45) is 3.54. The molecular formula is C15H11FN4O3S. The molecule has 3 rings (SSSR count). The maximum atomic E-state index is 13.3. The molecule has 0 saturated carbocycles. The third-order valence-electron chi connectivity index (χ3n) is 3.16. The molecule has 2 heterocycles. The van der Waals surface area contributed by atoms with Crippen LogP contribution in [0, 0.1) is 15.9 Å². The molecular weight excluding hydrogens is 335 g/mol. The fraction of sp³-hybridized carbons (Fsp3) is 0.0667. The molecule has 0 fully saturated rings. The van der Waals surface area contributed by atoms with Crippen LogP contribution >= 0.6 is 11.8 Å². The number of nitrogens with one attached hydrogen (secondary N) is 1. The summed E-state index contributed by atoms with van der Waals surface area (Å²) in [7, 11) is 0. The fourth-order valence-electron chi connectivity index (χ4n) is 2.08. The van der Waals surface area contributed by atoms with Crippen molar-refractivity contribution in [3.05, 3.63) is 64.7 Å². The van der Waals surface area contributed by atoms with Crippen molar-refractivity contribution in [2.75, 3.05) is 11.1 Å². The average Bonchev–Trinajstić information content (AvgIpc) is 2.98. The first kappa shape index (κ1) is 15.9. The zero-order chi connectivity index (χ0) is 17.1. The molecule has 0 radical (unpaired) electrons. The molecule has 122 valence electrons. The fourth-order valence-corrected chi connectivity index (χ4v) is 2.85. The van der Waals surface area contributed by atoms with E-state index in [-0.39, 0.29) is 17.3 Å². The minimum absolute atomic E-state index is 0.0686. The van der Waals surface area contributed by atoms with Gasteiger partial charge in [-0.25, -0.2) is 4.98 Å². The second-order valence-corrected chi connectivity index (χ2v) is 5.74. The highest BCUT2D eigenvalue weighted by molar-refractivity contribution is 7.99. The Hall–Kier alpha value is -2.94. The van der Waals surface area contributed by atoms with Crippen molar-refractivity contribution in [1.29, 1.82) is 0 Å². The van der Waals surface area contributed by atoms with Crippen LogP contribution in [0.3, 0.4) is 0 Å². The van der Waals surface area contributed by atoms with Gasteiger partial charge in [-0.1, -0.05) is 17.8 Å². The molecule has 0 saturated heterocycles. The topological polar surface area (TPSA) is 89.5 Å². The van der Waals surface area contributed by atoms with Crippen molar-refractivity contribution in [3.63, 3.8) is 0 Å². The van der Waals surface area contributed by atoms with Gasteiger partial charge in [0.25, 0.3) is 0 Å². The van der Waals surface area contributed by atoms with Crippen LogP contribution in [0.5, 0.6) is 0 Å². The number of halogens is 1. The second-order valence-electron chi connectivity index (χ2n) is 4.80. The van der Waals surface area contributed by atoms with E-state index in [2.05, 4.69) is 10.3 Å². The molecule has 7 nitrogen and oxygen atoms in total. The summed E-state index contributed by atoms with van der Waals surface area (Å²) in [6, 6.07) is 8.85. The van der Waals surface area contributed by atoms with Gasteiger partial charge in [0.1, 0.15) is 0 Å². The smallest absolute Gasteiger partial charge is 0.306 e. The van der Waals surface area contributed by atoms with E-state index in [1.807, 2.05) is 28.8 Å². The summed E-state index contributed by atoms with van der Waals surface area (Å²) >= 11 is 1.23. The van der Waals surface area contributed by atoms with E-state index < -0.39 is 16.4 Å². The highest BCUT2D eigenvalue weighted by atomic mass is 32.2.